The first-order chi connectivity index (χ1) is 7.58. The molecule has 0 aliphatic rings. The molecule has 0 heterocycles. The van der Waals surface area contributed by atoms with Crippen molar-refractivity contribution in [2.45, 2.75) is 0 Å². The molecule has 4 heteroatoms. The summed E-state index contributed by atoms with van der Waals surface area (Å²) in [5.41, 5.74) is 0.515. The van der Waals surface area contributed by atoms with Crippen molar-refractivity contribution in [2.24, 2.45) is 0 Å². The third-order valence-electron chi connectivity index (χ3n) is 2.15. The number of benzene rings is 2. The summed E-state index contributed by atoms with van der Waals surface area (Å²) in [5, 5.41) is 0. The highest BCUT2D eigenvalue weighted by molar-refractivity contribution is 9.10. The highest BCUT2D eigenvalue weighted by atomic mass is 79.9. The third-order valence-corrected chi connectivity index (χ3v) is 3.14. The number of rotatable bonds is 1. The van der Waals surface area contributed by atoms with E-state index in [0.29, 0.717) is 8.95 Å². The molecule has 0 spiro atoms. The van der Waals surface area contributed by atoms with E-state index in [0.717, 1.165) is 0 Å². The van der Waals surface area contributed by atoms with Crippen molar-refractivity contribution in [3.63, 3.8) is 0 Å². The van der Waals surface area contributed by atoms with Crippen molar-refractivity contribution in [2.75, 3.05) is 0 Å². The lowest BCUT2D eigenvalue weighted by Crippen LogP contribution is -1.88. The molecule has 0 aliphatic carbocycles. The molecule has 0 bridgehead atoms. The molecule has 0 fully saturated rings. The predicted molar refractivity (Wildman–Crippen MR) is 67.2 cm³/mol. The van der Waals surface area contributed by atoms with Crippen LogP contribution >= 0.6 is 31.9 Å². The Hall–Kier alpha value is -0.740. The molecule has 2 aromatic carbocycles. The molecule has 0 N–H and O–H groups in total. The average molecular weight is 348 g/mol. The van der Waals surface area contributed by atoms with Gasteiger partial charge in [0, 0.05) is 20.1 Å². The molecule has 0 amide bonds. The Bertz CT molecular complexity index is 489. The summed E-state index contributed by atoms with van der Waals surface area (Å²) in [7, 11) is 0. The third kappa shape index (κ3) is 2.33. The Morgan fingerprint density at radius 1 is 0.688 bits per heavy atom. The summed E-state index contributed by atoms with van der Waals surface area (Å²) in [4.78, 5) is 0. The van der Waals surface area contributed by atoms with E-state index in [2.05, 4.69) is 31.9 Å². The van der Waals surface area contributed by atoms with Crippen LogP contribution in [0, 0.1) is 11.6 Å². The molecule has 0 unspecified atom stereocenters. The average Bonchev–Trinajstić information content (AvgIpc) is 2.19. The van der Waals surface area contributed by atoms with Crippen molar-refractivity contribution >= 4 is 31.9 Å². The molecule has 0 atom stereocenters. The van der Waals surface area contributed by atoms with Gasteiger partial charge in [0.05, 0.1) is 0 Å². The highest BCUT2D eigenvalue weighted by Gasteiger charge is 2.10. The first-order valence-corrected chi connectivity index (χ1v) is 6.07. The second kappa shape index (κ2) is 4.63. The molecular weight excluding hydrogens is 342 g/mol. The first kappa shape index (κ1) is 11.7. The van der Waals surface area contributed by atoms with Crippen LogP contribution in [0.5, 0.6) is 0 Å². The molecule has 2 aromatic rings. The van der Waals surface area contributed by atoms with Gasteiger partial charge in [-0.25, -0.2) is 8.78 Å². The largest absolute Gasteiger partial charge is 0.206 e. The van der Waals surface area contributed by atoms with Crippen LogP contribution < -0.4 is 0 Å². The quantitative estimate of drug-likeness (QED) is 0.668. The van der Waals surface area contributed by atoms with Gasteiger partial charge in [-0.15, -0.1) is 0 Å². The minimum Gasteiger partial charge on any atom is -0.206 e. The molecule has 2 rings (SSSR count). The summed E-state index contributed by atoms with van der Waals surface area (Å²) < 4.78 is 28.5. The van der Waals surface area contributed by atoms with E-state index in [-0.39, 0.29) is 11.1 Å². The maximum atomic E-state index is 13.6. The summed E-state index contributed by atoms with van der Waals surface area (Å²) in [6, 6.07) is 9.09. The summed E-state index contributed by atoms with van der Waals surface area (Å²) in [5.74, 6) is -0.897. The summed E-state index contributed by atoms with van der Waals surface area (Å²) in [6.45, 7) is 0. The predicted octanol–water partition coefficient (Wildman–Crippen LogP) is 5.16. The number of halogens is 4. The molecule has 0 aromatic heterocycles. The molecule has 0 saturated carbocycles. The van der Waals surface area contributed by atoms with Crippen LogP contribution in [0.25, 0.3) is 11.1 Å². The second-order valence-electron chi connectivity index (χ2n) is 3.25. The normalized spacial score (nSPS) is 10.5. The van der Waals surface area contributed by atoms with Crippen molar-refractivity contribution in [1.82, 2.24) is 0 Å². The minimum atomic E-state index is -0.449. The van der Waals surface area contributed by atoms with E-state index in [1.807, 2.05) is 0 Å². The molecule has 0 radical (unpaired) electrons. The van der Waals surface area contributed by atoms with Crippen LogP contribution in [0.3, 0.4) is 0 Å². The molecule has 0 saturated heterocycles. The second-order valence-corrected chi connectivity index (χ2v) is 5.08. The smallest absolute Gasteiger partial charge is 0.132 e. The fourth-order valence-corrected chi connectivity index (χ4v) is 2.08. The van der Waals surface area contributed by atoms with Crippen LogP contribution in [0.4, 0.5) is 8.78 Å². The summed E-state index contributed by atoms with van der Waals surface area (Å²) in [6.07, 6.45) is 0. The Labute approximate surface area is 109 Å². The van der Waals surface area contributed by atoms with Crippen LogP contribution in [0.1, 0.15) is 0 Å². The van der Waals surface area contributed by atoms with Gasteiger partial charge < -0.3 is 0 Å². The Morgan fingerprint density at radius 3 is 1.38 bits per heavy atom. The van der Waals surface area contributed by atoms with Crippen LogP contribution in [-0.2, 0) is 0 Å². The van der Waals surface area contributed by atoms with E-state index in [1.54, 1.807) is 24.3 Å². The molecular formula is C12H6Br2F2. The summed E-state index contributed by atoms with van der Waals surface area (Å²) >= 11 is 6.32. The zero-order valence-corrected chi connectivity index (χ0v) is 11.1. The van der Waals surface area contributed by atoms with Crippen LogP contribution in [0.15, 0.2) is 45.3 Å². The van der Waals surface area contributed by atoms with Crippen LogP contribution in [0.2, 0.25) is 0 Å². The van der Waals surface area contributed by atoms with Crippen LogP contribution in [-0.4, -0.2) is 0 Å². The van der Waals surface area contributed by atoms with Crippen molar-refractivity contribution < 1.29 is 8.78 Å². The lowest BCUT2D eigenvalue weighted by molar-refractivity contribution is 0.615. The molecule has 0 nitrogen and oxygen atoms in total. The lowest BCUT2D eigenvalue weighted by Gasteiger charge is -2.05. The molecule has 82 valence electrons. The maximum absolute atomic E-state index is 13.6. The zero-order chi connectivity index (χ0) is 11.7. The SMILES string of the molecule is Fc1cc(Br)ccc1-c1ccc(Br)cc1F. The highest BCUT2D eigenvalue weighted by Crippen LogP contribution is 2.29. The van der Waals surface area contributed by atoms with Crippen molar-refractivity contribution in [3.8, 4) is 11.1 Å². The fourth-order valence-electron chi connectivity index (χ4n) is 1.42. The first-order valence-electron chi connectivity index (χ1n) is 4.48. The maximum Gasteiger partial charge on any atom is 0.132 e. The Balaban J connectivity index is 2.59. The van der Waals surface area contributed by atoms with Gasteiger partial charge in [-0.3, -0.25) is 0 Å². The Kier molecular flexibility index (Phi) is 3.40. The zero-order valence-electron chi connectivity index (χ0n) is 7.98. The Morgan fingerprint density at radius 2 is 1.06 bits per heavy atom. The fraction of sp³-hybridized carbons (Fsp3) is 0. The van der Waals surface area contributed by atoms with E-state index >= 15 is 0 Å². The van der Waals surface area contributed by atoms with E-state index in [1.165, 1.54) is 12.1 Å². The van der Waals surface area contributed by atoms with Gasteiger partial charge in [-0.05, 0) is 24.3 Å². The lowest BCUT2D eigenvalue weighted by atomic mass is 10.0. The topological polar surface area (TPSA) is 0 Å². The molecule has 16 heavy (non-hydrogen) atoms. The minimum absolute atomic E-state index is 0.258. The van der Waals surface area contributed by atoms with E-state index in [4.69, 9.17) is 0 Å². The van der Waals surface area contributed by atoms with Gasteiger partial charge in [-0.1, -0.05) is 44.0 Å². The van der Waals surface area contributed by atoms with Gasteiger partial charge in [0.25, 0.3) is 0 Å². The monoisotopic (exact) mass is 346 g/mol. The van der Waals surface area contributed by atoms with Gasteiger partial charge in [-0.2, -0.15) is 0 Å². The van der Waals surface area contributed by atoms with E-state index in [9.17, 15) is 8.78 Å². The van der Waals surface area contributed by atoms with Gasteiger partial charge in [0.2, 0.25) is 0 Å². The number of hydrogen-bond acceptors (Lipinski definition) is 0. The van der Waals surface area contributed by atoms with Crippen molar-refractivity contribution in [3.05, 3.63) is 57.0 Å². The van der Waals surface area contributed by atoms with Gasteiger partial charge >= 0.3 is 0 Å². The molecule has 0 aliphatic heterocycles. The van der Waals surface area contributed by atoms with Gasteiger partial charge in [0.1, 0.15) is 11.6 Å². The van der Waals surface area contributed by atoms with Gasteiger partial charge in [0.15, 0.2) is 0 Å². The standard InChI is InChI=1S/C12H6Br2F2/c13-7-1-3-9(11(15)5-7)10-4-2-8(14)6-12(10)16/h1-6H. The van der Waals surface area contributed by atoms with E-state index < -0.39 is 11.6 Å². The van der Waals surface area contributed by atoms with Crippen molar-refractivity contribution in [1.29, 1.82) is 0 Å². The number of hydrogen-bond donors (Lipinski definition) is 0.